The molecule has 0 saturated heterocycles. The minimum absolute atomic E-state index is 0.168. The molecule has 0 aliphatic heterocycles. The van der Waals surface area contributed by atoms with Crippen LogP contribution in [0.3, 0.4) is 0 Å². The Bertz CT molecular complexity index is 612. The topological polar surface area (TPSA) is 37.3 Å². The molecule has 0 spiro atoms. The highest BCUT2D eigenvalue weighted by atomic mass is 16.4. The summed E-state index contributed by atoms with van der Waals surface area (Å²) in [6.07, 6.45) is 2.00. The molecular weight excluding hydrogens is 272 g/mol. The number of hydrogen-bond acceptors (Lipinski definition) is 1. The van der Waals surface area contributed by atoms with Crippen molar-refractivity contribution in [2.45, 2.75) is 39.5 Å². The van der Waals surface area contributed by atoms with Crippen LogP contribution in [0.15, 0.2) is 54.6 Å². The highest BCUT2D eigenvalue weighted by Gasteiger charge is 2.20. The van der Waals surface area contributed by atoms with Crippen LogP contribution in [-0.2, 0) is 17.6 Å². The average molecular weight is 296 g/mol. The van der Waals surface area contributed by atoms with E-state index in [1.165, 1.54) is 11.1 Å². The Kier molecular flexibility index (Phi) is 5.02. The summed E-state index contributed by atoms with van der Waals surface area (Å²) >= 11 is 0. The fraction of sp³-hybridized carbons (Fsp3) is 0.350. The largest absolute Gasteiger partial charge is 0.481 e. The van der Waals surface area contributed by atoms with Crippen LogP contribution in [0, 0.1) is 5.41 Å². The van der Waals surface area contributed by atoms with Crippen molar-refractivity contribution in [1.29, 1.82) is 0 Å². The van der Waals surface area contributed by atoms with Gasteiger partial charge in [0.1, 0.15) is 0 Å². The first-order valence-electron chi connectivity index (χ1n) is 7.73. The van der Waals surface area contributed by atoms with Crippen molar-refractivity contribution in [3.63, 3.8) is 0 Å². The van der Waals surface area contributed by atoms with E-state index in [4.69, 9.17) is 5.11 Å². The van der Waals surface area contributed by atoms with Gasteiger partial charge >= 0.3 is 5.97 Å². The van der Waals surface area contributed by atoms with E-state index in [2.05, 4.69) is 50.2 Å². The SMILES string of the molecule is CC(C(=O)O)c1ccc(CC(C)(C)Cc2ccccc2)cc1. The third kappa shape index (κ3) is 4.45. The summed E-state index contributed by atoms with van der Waals surface area (Å²) in [7, 11) is 0. The van der Waals surface area contributed by atoms with Gasteiger partial charge in [-0.2, -0.15) is 0 Å². The van der Waals surface area contributed by atoms with Gasteiger partial charge in [-0.3, -0.25) is 4.79 Å². The lowest BCUT2D eigenvalue weighted by Gasteiger charge is -2.25. The minimum Gasteiger partial charge on any atom is -0.481 e. The summed E-state index contributed by atoms with van der Waals surface area (Å²) in [4.78, 5) is 11.0. The zero-order chi connectivity index (χ0) is 16.2. The summed E-state index contributed by atoms with van der Waals surface area (Å²) in [6, 6.07) is 18.5. The Morgan fingerprint density at radius 1 is 0.955 bits per heavy atom. The molecule has 2 heteroatoms. The Hall–Kier alpha value is -2.09. The quantitative estimate of drug-likeness (QED) is 0.840. The minimum atomic E-state index is -0.780. The van der Waals surface area contributed by atoms with Crippen LogP contribution >= 0.6 is 0 Å². The fourth-order valence-electron chi connectivity index (χ4n) is 2.83. The Morgan fingerprint density at radius 2 is 1.45 bits per heavy atom. The van der Waals surface area contributed by atoms with E-state index < -0.39 is 11.9 Å². The zero-order valence-electron chi connectivity index (χ0n) is 13.5. The van der Waals surface area contributed by atoms with Crippen LogP contribution in [0.1, 0.15) is 43.4 Å². The number of benzene rings is 2. The third-order valence-corrected chi connectivity index (χ3v) is 4.06. The van der Waals surface area contributed by atoms with Crippen molar-refractivity contribution >= 4 is 5.97 Å². The molecule has 22 heavy (non-hydrogen) atoms. The van der Waals surface area contributed by atoms with Crippen LogP contribution in [0.5, 0.6) is 0 Å². The van der Waals surface area contributed by atoms with Crippen molar-refractivity contribution in [1.82, 2.24) is 0 Å². The second-order valence-corrected chi connectivity index (χ2v) is 6.80. The highest BCUT2D eigenvalue weighted by Crippen LogP contribution is 2.27. The van der Waals surface area contributed by atoms with E-state index in [0.717, 1.165) is 18.4 Å². The van der Waals surface area contributed by atoms with E-state index in [0.29, 0.717) is 0 Å². The molecule has 0 aliphatic carbocycles. The lowest BCUT2D eigenvalue weighted by molar-refractivity contribution is -0.138. The molecule has 0 aliphatic rings. The maximum atomic E-state index is 11.0. The molecule has 0 fully saturated rings. The Balaban J connectivity index is 2.05. The van der Waals surface area contributed by atoms with Crippen molar-refractivity contribution in [3.05, 3.63) is 71.3 Å². The van der Waals surface area contributed by atoms with Gasteiger partial charge in [-0.15, -0.1) is 0 Å². The predicted molar refractivity (Wildman–Crippen MR) is 90.1 cm³/mol. The first kappa shape index (κ1) is 16.3. The number of carboxylic acid groups (broad SMARTS) is 1. The Labute approximate surface area is 132 Å². The van der Waals surface area contributed by atoms with Gasteiger partial charge in [-0.05, 0) is 41.9 Å². The van der Waals surface area contributed by atoms with E-state index in [1.54, 1.807) is 6.92 Å². The highest BCUT2D eigenvalue weighted by molar-refractivity contribution is 5.75. The van der Waals surface area contributed by atoms with Gasteiger partial charge in [-0.1, -0.05) is 68.4 Å². The van der Waals surface area contributed by atoms with Gasteiger partial charge in [0.25, 0.3) is 0 Å². The monoisotopic (exact) mass is 296 g/mol. The molecule has 1 unspecified atom stereocenters. The van der Waals surface area contributed by atoms with Gasteiger partial charge in [0.15, 0.2) is 0 Å². The molecule has 2 aromatic rings. The van der Waals surface area contributed by atoms with Crippen LogP contribution in [-0.4, -0.2) is 11.1 Å². The van der Waals surface area contributed by atoms with E-state index >= 15 is 0 Å². The molecule has 2 rings (SSSR count). The van der Waals surface area contributed by atoms with Crippen molar-refractivity contribution in [2.75, 3.05) is 0 Å². The lowest BCUT2D eigenvalue weighted by Crippen LogP contribution is -2.18. The molecule has 0 aromatic heterocycles. The van der Waals surface area contributed by atoms with E-state index in [1.807, 2.05) is 18.2 Å². The van der Waals surface area contributed by atoms with Crippen molar-refractivity contribution < 1.29 is 9.90 Å². The van der Waals surface area contributed by atoms with Crippen molar-refractivity contribution in [2.24, 2.45) is 5.41 Å². The van der Waals surface area contributed by atoms with Gasteiger partial charge in [0.2, 0.25) is 0 Å². The number of carboxylic acids is 1. The first-order chi connectivity index (χ1) is 10.4. The number of carbonyl (C=O) groups is 1. The van der Waals surface area contributed by atoms with Gasteiger partial charge in [0.05, 0.1) is 5.92 Å². The molecule has 116 valence electrons. The van der Waals surface area contributed by atoms with Crippen LogP contribution < -0.4 is 0 Å². The van der Waals surface area contributed by atoms with E-state index in [9.17, 15) is 4.79 Å². The predicted octanol–water partition coefficient (Wildman–Crippen LogP) is 4.69. The maximum absolute atomic E-state index is 11.0. The molecule has 0 saturated carbocycles. The van der Waals surface area contributed by atoms with Gasteiger partial charge < -0.3 is 5.11 Å². The maximum Gasteiger partial charge on any atom is 0.310 e. The average Bonchev–Trinajstić information content (AvgIpc) is 2.47. The molecular formula is C20H24O2. The second kappa shape index (κ2) is 6.78. The smallest absolute Gasteiger partial charge is 0.310 e. The van der Waals surface area contributed by atoms with E-state index in [-0.39, 0.29) is 5.41 Å². The molecule has 1 N–H and O–H groups in total. The number of aliphatic carboxylic acids is 1. The summed E-state index contributed by atoms with van der Waals surface area (Å²) in [5, 5.41) is 9.06. The van der Waals surface area contributed by atoms with Crippen LogP contribution in [0.2, 0.25) is 0 Å². The summed E-state index contributed by atoms with van der Waals surface area (Å²) in [5.74, 6) is -1.23. The number of rotatable bonds is 6. The molecule has 0 radical (unpaired) electrons. The molecule has 0 amide bonds. The molecule has 0 heterocycles. The number of hydrogen-bond donors (Lipinski definition) is 1. The molecule has 2 aromatic carbocycles. The second-order valence-electron chi connectivity index (χ2n) is 6.80. The molecule has 2 nitrogen and oxygen atoms in total. The summed E-state index contributed by atoms with van der Waals surface area (Å²) < 4.78 is 0. The Morgan fingerprint density at radius 3 is 1.95 bits per heavy atom. The summed E-state index contributed by atoms with van der Waals surface area (Å²) in [5.41, 5.74) is 3.63. The normalized spacial score (nSPS) is 12.9. The first-order valence-corrected chi connectivity index (χ1v) is 7.73. The standard InChI is InChI=1S/C20H24O2/c1-15(19(21)22)18-11-9-17(10-12-18)14-20(2,3)13-16-7-5-4-6-8-16/h4-12,15H,13-14H2,1-3H3,(H,21,22). The lowest BCUT2D eigenvalue weighted by atomic mass is 9.80. The van der Waals surface area contributed by atoms with Gasteiger partial charge in [0, 0.05) is 0 Å². The van der Waals surface area contributed by atoms with Crippen molar-refractivity contribution in [3.8, 4) is 0 Å². The molecule has 0 bridgehead atoms. The third-order valence-electron chi connectivity index (χ3n) is 4.06. The van der Waals surface area contributed by atoms with Gasteiger partial charge in [-0.25, -0.2) is 0 Å². The molecule has 1 atom stereocenters. The van der Waals surface area contributed by atoms with Crippen LogP contribution in [0.4, 0.5) is 0 Å². The summed E-state index contributed by atoms with van der Waals surface area (Å²) in [6.45, 7) is 6.26. The van der Waals surface area contributed by atoms with Crippen LogP contribution in [0.25, 0.3) is 0 Å². The zero-order valence-corrected chi connectivity index (χ0v) is 13.5. The fourth-order valence-corrected chi connectivity index (χ4v) is 2.83.